The highest BCUT2D eigenvalue weighted by atomic mass is 16.1. The molecule has 0 aromatic carbocycles. The fraction of sp³-hybridized carbons (Fsp3) is 0.600. The number of nitrogens with one attached hydrogen (secondary N) is 2. The molecule has 2 aliphatic carbocycles. The second kappa shape index (κ2) is 5.19. The van der Waals surface area contributed by atoms with Crippen LogP contribution in [0.5, 0.6) is 0 Å². The van der Waals surface area contributed by atoms with E-state index >= 15 is 0 Å². The minimum Gasteiger partial charge on any atom is -0.387 e. The smallest absolute Gasteiger partial charge is 0.254 e. The van der Waals surface area contributed by atoms with Gasteiger partial charge in [0, 0.05) is 31.7 Å². The fourth-order valence-electron chi connectivity index (χ4n) is 2.87. The van der Waals surface area contributed by atoms with Crippen molar-refractivity contribution in [3.63, 3.8) is 0 Å². The van der Waals surface area contributed by atoms with Crippen LogP contribution in [-0.2, 0) is 0 Å². The second-order valence-corrected chi connectivity index (χ2v) is 5.72. The van der Waals surface area contributed by atoms with Crippen LogP contribution in [0.4, 0.5) is 5.69 Å². The minimum atomic E-state index is -0.0104. The van der Waals surface area contributed by atoms with E-state index in [-0.39, 0.29) is 5.91 Å². The number of rotatable bonds is 6. The molecule has 0 spiro atoms. The summed E-state index contributed by atoms with van der Waals surface area (Å²) in [6, 6.07) is 1.83. The number of amides is 1. The van der Waals surface area contributed by atoms with Crippen LogP contribution in [0.25, 0.3) is 0 Å². The Labute approximate surface area is 114 Å². The van der Waals surface area contributed by atoms with Crippen LogP contribution >= 0.6 is 0 Å². The summed E-state index contributed by atoms with van der Waals surface area (Å²) in [5, 5.41) is 6.13. The molecule has 0 atom stereocenters. The van der Waals surface area contributed by atoms with Gasteiger partial charge in [0.05, 0.1) is 5.56 Å². The molecule has 4 nitrogen and oxygen atoms in total. The van der Waals surface area contributed by atoms with Gasteiger partial charge in [0.2, 0.25) is 0 Å². The van der Waals surface area contributed by atoms with Gasteiger partial charge in [-0.1, -0.05) is 0 Å². The Hall–Kier alpha value is -1.58. The third kappa shape index (κ3) is 2.88. The van der Waals surface area contributed by atoms with Gasteiger partial charge in [-0.2, -0.15) is 0 Å². The van der Waals surface area contributed by atoms with Crippen molar-refractivity contribution in [3.05, 3.63) is 24.0 Å². The Morgan fingerprint density at radius 2 is 2.05 bits per heavy atom. The van der Waals surface area contributed by atoms with E-state index in [1.807, 2.05) is 13.1 Å². The quantitative estimate of drug-likeness (QED) is 0.824. The molecule has 0 aliphatic heterocycles. The molecule has 102 valence electrons. The first-order valence-corrected chi connectivity index (χ1v) is 7.19. The third-order valence-corrected chi connectivity index (χ3v) is 4.29. The Balaban J connectivity index is 1.61. The lowest BCUT2D eigenvalue weighted by Crippen LogP contribution is -2.31. The monoisotopic (exact) mass is 259 g/mol. The lowest BCUT2D eigenvalue weighted by Gasteiger charge is -2.16. The zero-order valence-electron chi connectivity index (χ0n) is 11.4. The fourth-order valence-corrected chi connectivity index (χ4v) is 2.87. The van der Waals surface area contributed by atoms with Crippen molar-refractivity contribution in [2.75, 3.05) is 18.9 Å². The molecule has 1 heterocycles. The van der Waals surface area contributed by atoms with Crippen LogP contribution in [0, 0.1) is 17.8 Å². The first-order chi connectivity index (χ1) is 9.29. The van der Waals surface area contributed by atoms with Crippen molar-refractivity contribution in [3.8, 4) is 0 Å². The summed E-state index contributed by atoms with van der Waals surface area (Å²) >= 11 is 0. The van der Waals surface area contributed by atoms with Crippen molar-refractivity contribution in [1.82, 2.24) is 10.3 Å². The predicted octanol–water partition coefficient (Wildman–Crippen LogP) is 2.29. The molecule has 2 aliphatic rings. The summed E-state index contributed by atoms with van der Waals surface area (Å²) in [6.07, 6.45) is 8.74. The van der Waals surface area contributed by atoms with E-state index in [1.165, 1.54) is 25.7 Å². The largest absolute Gasteiger partial charge is 0.387 e. The highest BCUT2D eigenvalue weighted by Crippen LogP contribution is 2.48. The maximum atomic E-state index is 12.2. The highest BCUT2D eigenvalue weighted by molar-refractivity contribution is 5.99. The van der Waals surface area contributed by atoms with Crippen molar-refractivity contribution in [1.29, 1.82) is 0 Å². The summed E-state index contributed by atoms with van der Waals surface area (Å²) < 4.78 is 0. The molecule has 0 bridgehead atoms. The molecule has 2 N–H and O–H groups in total. The molecule has 1 aromatic heterocycles. The van der Waals surface area contributed by atoms with Crippen molar-refractivity contribution in [2.24, 2.45) is 17.8 Å². The van der Waals surface area contributed by atoms with E-state index in [0.29, 0.717) is 11.5 Å². The van der Waals surface area contributed by atoms with Gasteiger partial charge < -0.3 is 10.6 Å². The molecule has 1 amide bonds. The van der Waals surface area contributed by atoms with Gasteiger partial charge in [-0.3, -0.25) is 9.78 Å². The zero-order valence-corrected chi connectivity index (χ0v) is 11.4. The topological polar surface area (TPSA) is 54.0 Å². The van der Waals surface area contributed by atoms with E-state index in [1.54, 1.807) is 12.4 Å². The summed E-state index contributed by atoms with van der Waals surface area (Å²) in [6.45, 7) is 0.826. The Kier molecular flexibility index (Phi) is 3.40. The second-order valence-electron chi connectivity index (χ2n) is 5.72. The predicted molar refractivity (Wildman–Crippen MR) is 75.1 cm³/mol. The zero-order chi connectivity index (χ0) is 13.2. The van der Waals surface area contributed by atoms with Gasteiger partial charge in [0.1, 0.15) is 0 Å². The molecule has 3 rings (SSSR count). The first kappa shape index (κ1) is 12.5. The van der Waals surface area contributed by atoms with E-state index in [4.69, 9.17) is 0 Å². The lowest BCUT2D eigenvalue weighted by atomic mass is 9.98. The summed E-state index contributed by atoms with van der Waals surface area (Å²) in [5.74, 6) is 2.43. The number of pyridine rings is 1. The summed E-state index contributed by atoms with van der Waals surface area (Å²) in [5.41, 5.74) is 1.47. The molecule has 1 aromatic rings. The Morgan fingerprint density at radius 1 is 1.37 bits per heavy atom. The number of nitrogens with zero attached hydrogens (tertiary/aromatic N) is 1. The highest BCUT2D eigenvalue weighted by Gasteiger charge is 2.41. The number of carbonyl (C=O) groups is 1. The first-order valence-electron chi connectivity index (χ1n) is 7.19. The van der Waals surface area contributed by atoms with Gasteiger partial charge >= 0.3 is 0 Å². The van der Waals surface area contributed by atoms with Crippen molar-refractivity contribution >= 4 is 11.6 Å². The van der Waals surface area contributed by atoms with E-state index in [9.17, 15) is 4.79 Å². The van der Waals surface area contributed by atoms with Gasteiger partial charge in [0.15, 0.2) is 0 Å². The van der Waals surface area contributed by atoms with Crippen LogP contribution < -0.4 is 10.6 Å². The molecule has 0 radical (unpaired) electrons. The summed E-state index contributed by atoms with van der Waals surface area (Å²) in [7, 11) is 1.82. The summed E-state index contributed by atoms with van der Waals surface area (Å²) in [4.78, 5) is 16.3. The standard InChI is InChI=1S/C15H21N3O/c1-16-14-6-7-17-8-13(14)15(19)18-9-12(10-2-3-10)11-4-5-11/h6-8,10-12H,2-5,9H2,1H3,(H,16,17)(H,18,19). The number of carbonyl (C=O) groups excluding carboxylic acids is 1. The maximum Gasteiger partial charge on any atom is 0.254 e. The number of aromatic nitrogens is 1. The number of hydrogen-bond donors (Lipinski definition) is 2. The van der Waals surface area contributed by atoms with E-state index in [0.717, 1.165) is 24.1 Å². The van der Waals surface area contributed by atoms with Gasteiger partial charge in [0.25, 0.3) is 5.91 Å². The molecule has 2 saturated carbocycles. The van der Waals surface area contributed by atoms with Gasteiger partial charge in [-0.15, -0.1) is 0 Å². The number of anilines is 1. The molecular formula is C15H21N3O. The minimum absolute atomic E-state index is 0.0104. The average molecular weight is 259 g/mol. The van der Waals surface area contributed by atoms with Crippen LogP contribution in [0.1, 0.15) is 36.0 Å². The van der Waals surface area contributed by atoms with Crippen molar-refractivity contribution < 1.29 is 4.79 Å². The Morgan fingerprint density at radius 3 is 2.63 bits per heavy atom. The SMILES string of the molecule is CNc1ccncc1C(=O)NCC(C1CC1)C1CC1. The van der Waals surface area contributed by atoms with Crippen LogP contribution in [0.2, 0.25) is 0 Å². The van der Waals surface area contributed by atoms with Crippen LogP contribution in [-0.4, -0.2) is 24.5 Å². The Bertz CT molecular complexity index is 454. The normalized spacial score (nSPS) is 18.4. The molecule has 0 unspecified atom stereocenters. The molecule has 19 heavy (non-hydrogen) atoms. The molecule has 2 fully saturated rings. The van der Waals surface area contributed by atoms with E-state index < -0.39 is 0 Å². The molecule has 0 saturated heterocycles. The maximum absolute atomic E-state index is 12.2. The van der Waals surface area contributed by atoms with E-state index in [2.05, 4.69) is 15.6 Å². The lowest BCUT2D eigenvalue weighted by molar-refractivity contribution is 0.0944. The van der Waals surface area contributed by atoms with Gasteiger partial charge in [-0.05, 0) is 49.5 Å². The average Bonchev–Trinajstić information content (AvgIpc) is 3.31. The van der Waals surface area contributed by atoms with Crippen LogP contribution in [0.15, 0.2) is 18.5 Å². The van der Waals surface area contributed by atoms with Crippen LogP contribution in [0.3, 0.4) is 0 Å². The van der Waals surface area contributed by atoms with Gasteiger partial charge in [-0.25, -0.2) is 0 Å². The van der Waals surface area contributed by atoms with Crippen molar-refractivity contribution in [2.45, 2.75) is 25.7 Å². The number of hydrogen-bond acceptors (Lipinski definition) is 3. The molecular weight excluding hydrogens is 238 g/mol. The third-order valence-electron chi connectivity index (χ3n) is 4.29. The molecule has 4 heteroatoms.